The number of nitrogen functional groups attached to an aromatic ring is 1. The van der Waals surface area contributed by atoms with Gasteiger partial charge < -0.3 is 26.9 Å². The number of nitrogens with two attached hydrogens (primary N) is 3. The first-order valence-corrected chi connectivity index (χ1v) is 12.6. The fourth-order valence-corrected chi connectivity index (χ4v) is 5.86. The van der Waals surface area contributed by atoms with E-state index in [-0.39, 0.29) is 41.2 Å². The molecule has 0 aromatic carbocycles. The third kappa shape index (κ3) is 4.15. The van der Waals surface area contributed by atoms with Crippen LogP contribution in [0.15, 0.2) is 36.4 Å². The van der Waals surface area contributed by atoms with Crippen LogP contribution in [0.3, 0.4) is 0 Å². The number of hydrogen-bond acceptors (Lipinski definition) is 10. The van der Waals surface area contributed by atoms with Gasteiger partial charge in [0.15, 0.2) is 11.4 Å². The summed E-state index contributed by atoms with van der Waals surface area (Å²) in [5.74, 6) is 5.24. The van der Waals surface area contributed by atoms with E-state index in [1.165, 1.54) is 17.6 Å². The predicted molar refractivity (Wildman–Crippen MR) is 141 cm³/mol. The van der Waals surface area contributed by atoms with Crippen LogP contribution in [0.2, 0.25) is 0 Å². The van der Waals surface area contributed by atoms with Crippen molar-refractivity contribution in [3.05, 3.63) is 53.4 Å². The zero-order valence-electron chi connectivity index (χ0n) is 21.7. The van der Waals surface area contributed by atoms with E-state index in [9.17, 15) is 14.7 Å². The van der Waals surface area contributed by atoms with Gasteiger partial charge in [-0.2, -0.15) is 9.61 Å². The summed E-state index contributed by atoms with van der Waals surface area (Å²) < 4.78 is 1.48. The van der Waals surface area contributed by atoms with Gasteiger partial charge in [0.05, 0.1) is 23.1 Å². The number of carbonyl (C=O) groups excluding carboxylic acids is 2. The number of carbonyl (C=O) groups is 2. The summed E-state index contributed by atoms with van der Waals surface area (Å²) in [6.07, 6.45) is 7.47. The van der Waals surface area contributed by atoms with Crippen LogP contribution in [-0.4, -0.2) is 53.4 Å². The molecule has 2 saturated heterocycles. The van der Waals surface area contributed by atoms with Crippen molar-refractivity contribution >= 4 is 23.2 Å². The number of hydrogen-bond donors (Lipinski definition) is 5. The molecule has 12 nitrogen and oxygen atoms in total. The second-order valence-corrected chi connectivity index (χ2v) is 10.6. The van der Waals surface area contributed by atoms with Crippen LogP contribution in [0.5, 0.6) is 0 Å². The number of nitrogens with one attached hydrogen (secondary N) is 1. The number of ketones is 1. The summed E-state index contributed by atoms with van der Waals surface area (Å²) in [6.45, 7) is 4.83. The van der Waals surface area contributed by atoms with Crippen molar-refractivity contribution < 1.29 is 14.7 Å². The van der Waals surface area contributed by atoms with E-state index in [0.29, 0.717) is 41.0 Å². The van der Waals surface area contributed by atoms with Gasteiger partial charge in [0.2, 0.25) is 0 Å². The lowest BCUT2D eigenvalue weighted by molar-refractivity contribution is -0.132. The Labute approximate surface area is 219 Å². The maximum absolute atomic E-state index is 13.0. The number of amides is 1. The van der Waals surface area contributed by atoms with E-state index >= 15 is 0 Å². The highest BCUT2D eigenvalue weighted by Gasteiger charge is 2.45. The second-order valence-electron chi connectivity index (χ2n) is 10.6. The Bertz CT molecular complexity index is 1420. The molecule has 2 fully saturated rings. The highest BCUT2D eigenvalue weighted by atomic mass is 16.3. The van der Waals surface area contributed by atoms with Gasteiger partial charge in [-0.3, -0.25) is 20.4 Å². The van der Waals surface area contributed by atoms with E-state index in [4.69, 9.17) is 22.3 Å². The topological polar surface area (TPSA) is 191 Å². The van der Waals surface area contributed by atoms with Gasteiger partial charge >= 0.3 is 0 Å². The normalized spacial score (nSPS) is 21.7. The highest BCUT2D eigenvalue weighted by Crippen LogP contribution is 2.45. The molecule has 2 aliphatic rings. The Morgan fingerprint density at radius 1 is 1.18 bits per heavy atom. The molecule has 200 valence electrons. The molecule has 3 aromatic heterocycles. The number of fused-ring (bicyclic) bond motifs is 3. The summed E-state index contributed by atoms with van der Waals surface area (Å²) in [5, 5.41) is 14.7. The van der Waals surface area contributed by atoms with Gasteiger partial charge in [0.25, 0.3) is 5.91 Å². The van der Waals surface area contributed by atoms with Gasteiger partial charge in [-0.05, 0) is 52.5 Å². The summed E-state index contributed by atoms with van der Waals surface area (Å²) in [5.41, 5.74) is 17.1. The first-order chi connectivity index (χ1) is 18.0. The van der Waals surface area contributed by atoms with Crippen molar-refractivity contribution in [1.29, 1.82) is 0 Å². The molecule has 1 amide bonds. The Balaban J connectivity index is 1.55. The van der Waals surface area contributed by atoms with E-state index in [0.717, 1.165) is 18.4 Å². The zero-order chi connectivity index (χ0) is 27.4. The predicted octanol–water partition coefficient (Wildman–Crippen LogP) is 1.30. The number of Topliss-reactive ketones (excluding diaryl/α,β-unsaturated/α-hetero) is 1. The Kier molecular flexibility index (Phi) is 6.32. The second kappa shape index (κ2) is 9.37. The molecular formula is C26H33N9O3. The Morgan fingerprint density at radius 3 is 2.39 bits per heavy atom. The molecule has 12 heteroatoms. The van der Waals surface area contributed by atoms with Gasteiger partial charge in [-0.25, -0.2) is 4.98 Å². The van der Waals surface area contributed by atoms with Crippen molar-refractivity contribution in [2.45, 2.75) is 70.1 Å². The number of aliphatic hydroxyl groups is 1. The third-order valence-corrected chi connectivity index (χ3v) is 7.67. The fourth-order valence-electron chi connectivity index (χ4n) is 5.86. The van der Waals surface area contributed by atoms with Crippen LogP contribution in [0.25, 0.3) is 16.8 Å². The van der Waals surface area contributed by atoms with Gasteiger partial charge in [0, 0.05) is 41.5 Å². The monoisotopic (exact) mass is 519 g/mol. The van der Waals surface area contributed by atoms with Crippen LogP contribution >= 0.6 is 0 Å². The number of piperidine rings is 1. The molecule has 5 rings (SSSR count). The zero-order valence-corrected chi connectivity index (χ0v) is 21.7. The van der Waals surface area contributed by atoms with Crippen molar-refractivity contribution in [3.63, 3.8) is 0 Å². The van der Waals surface area contributed by atoms with Gasteiger partial charge in [0.1, 0.15) is 17.1 Å². The molecule has 0 saturated carbocycles. The van der Waals surface area contributed by atoms with Crippen molar-refractivity contribution in [3.8, 4) is 11.1 Å². The average Bonchev–Trinajstić information content (AvgIpc) is 3.42. The van der Waals surface area contributed by atoms with Crippen LogP contribution in [0.4, 0.5) is 5.82 Å². The van der Waals surface area contributed by atoms with Crippen molar-refractivity contribution in [2.24, 2.45) is 11.6 Å². The molecule has 38 heavy (non-hydrogen) atoms. The number of anilines is 1. The fraction of sp³-hybridized carbons (Fsp3) is 0.423. The molecule has 2 aliphatic heterocycles. The molecule has 2 unspecified atom stereocenters. The summed E-state index contributed by atoms with van der Waals surface area (Å²) in [4.78, 5) is 37.1. The summed E-state index contributed by atoms with van der Waals surface area (Å²) >= 11 is 0. The summed E-state index contributed by atoms with van der Waals surface area (Å²) in [6, 6.07) is 3.55. The molecule has 2 atom stereocenters. The number of aromatic nitrogens is 4. The van der Waals surface area contributed by atoms with Gasteiger partial charge in [-0.1, -0.05) is 6.07 Å². The molecule has 5 heterocycles. The quantitative estimate of drug-likeness (QED) is 0.137. The molecule has 0 spiro atoms. The Hall–Kier alpha value is -4.03. The van der Waals surface area contributed by atoms with Crippen LogP contribution in [-0.2, 0) is 10.4 Å². The number of pyridine rings is 1. The maximum Gasteiger partial charge on any atom is 0.273 e. The molecule has 0 aliphatic carbocycles. The minimum Gasteiger partial charge on any atom is -0.403 e. The van der Waals surface area contributed by atoms with E-state index in [2.05, 4.69) is 15.5 Å². The first-order valence-electron chi connectivity index (χ1n) is 12.6. The van der Waals surface area contributed by atoms with E-state index in [1.807, 2.05) is 11.0 Å². The molecule has 3 aromatic rings. The van der Waals surface area contributed by atoms with E-state index in [1.54, 1.807) is 32.3 Å². The molecule has 0 radical (unpaired) electrons. The lowest BCUT2D eigenvalue weighted by Crippen LogP contribution is -2.49. The number of nitrogens with zero attached hydrogens (tertiary/aromatic N) is 5. The van der Waals surface area contributed by atoms with Gasteiger partial charge in [-0.15, -0.1) is 0 Å². The molecule has 8 N–H and O–H groups in total. The highest BCUT2D eigenvalue weighted by molar-refractivity contribution is 6.00. The lowest BCUT2D eigenvalue weighted by Gasteiger charge is -2.39. The minimum absolute atomic E-state index is 0.0310. The molecular weight excluding hydrogens is 486 g/mol. The lowest BCUT2D eigenvalue weighted by atomic mass is 9.85. The van der Waals surface area contributed by atoms with Crippen LogP contribution in [0, 0.1) is 0 Å². The van der Waals surface area contributed by atoms with Crippen molar-refractivity contribution in [1.82, 2.24) is 29.9 Å². The largest absolute Gasteiger partial charge is 0.403 e. The standard InChI is InChI=1S/C26H33N9O3/c1-13(36)21-22(15-8-16-5-6-17(9-15)34(16)25(37)19(10-27)33-29)32-24-18(12-31-35(24)23(21)28)14-4-7-20(30-11-14)26(2,3)38/h4,7,10-12,15-17,33,38H,5-6,8-9,27-29H2,1-3H3/b19-10-. The van der Waals surface area contributed by atoms with Crippen LogP contribution < -0.4 is 22.7 Å². The maximum atomic E-state index is 13.0. The van der Waals surface area contributed by atoms with Crippen molar-refractivity contribution in [2.75, 3.05) is 5.73 Å². The first kappa shape index (κ1) is 25.6. The average molecular weight is 520 g/mol. The SMILES string of the molecule is CC(=O)c1c(C2CC3CCC(C2)N3C(=O)/C(=C/N)NN)nc2c(-c3ccc(C(C)(C)O)nc3)cnn2c1N. The summed E-state index contributed by atoms with van der Waals surface area (Å²) in [7, 11) is 0. The minimum atomic E-state index is -1.07. The number of rotatable bonds is 6. The van der Waals surface area contributed by atoms with E-state index < -0.39 is 5.60 Å². The smallest absolute Gasteiger partial charge is 0.273 e. The molecule has 2 bridgehead atoms. The Morgan fingerprint density at radius 2 is 1.87 bits per heavy atom. The third-order valence-electron chi connectivity index (χ3n) is 7.67. The number of hydrazine groups is 1. The van der Waals surface area contributed by atoms with Crippen LogP contribution in [0.1, 0.15) is 74.1 Å².